The highest BCUT2D eigenvalue weighted by Gasteiger charge is 2.48. The van der Waals surface area contributed by atoms with Crippen molar-refractivity contribution in [1.29, 1.82) is 0 Å². The zero-order chi connectivity index (χ0) is 16.6. The van der Waals surface area contributed by atoms with Crippen LogP contribution in [-0.2, 0) is 0 Å². The number of aryl methyl sites for hydroxylation is 1. The first kappa shape index (κ1) is 15.0. The molecule has 2 bridgehead atoms. The van der Waals surface area contributed by atoms with Crippen molar-refractivity contribution < 1.29 is 4.39 Å². The first-order valence-electron chi connectivity index (χ1n) is 8.29. The summed E-state index contributed by atoms with van der Waals surface area (Å²) in [7, 11) is 0. The topological polar surface area (TPSA) is 30.7 Å². The second-order valence-electron chi connectivity index (χ2n) is 6.99. The van der Waals surface area contributed by atoms with Gasteiger partial charge in [0.05, 0.1) is 5.52 Å². The van der Waals surface area contributed by atoms with Gasteiger partial charge in [-0.05, 0) is 50.3 Å². The van der Waals surface area contributed by atoms with Gasteiger partial charge in [-0.3, -0.25) is 0 Å². The van der Waals surface area contributed by atoms with Gasteiger partial charge in [-0.2, -0.15) is 0 Å². The van der Waals surface area contributed by atoms with Gasteiger partial charge in [-0.1, -0.05) is 11.6 Å². The number of rotatable bonds is 2. The summed E-state index contributed by atoms with van der Waals surface area (Å²) in [6, 6.07) is 2.74. The van der Waals surface area contributed by atoms with Crippen LogP contribution in [0.25, 0.3) is 21.8 Å². The molecular weight excluding hydrogens is 345 g/mol. The van der Waals surface area contributed by atoms with Crippen molar-refractivity contribution in [3.8, 4) is 0 Å². The van der Waals surface area contributed by atoms with Crippen LogP contribution in [0.15, 0.2) is 17.3 Å². The average Bonchev–Trinajstić information content (AvgIpc) is 3.26. The van der Waals surface area contributed by atoms with Crippen LogP contribution >= 0.6 is 23.4 Å². The lowest BCUT2D eigenvalue weighted by Crippen LogP contribution is -2.31. The molecule has 3 aromatic heterocycles. The minimum atomic E-state index is -0.520. The third-order valence-electron chi connectivity index (χ3n) is 5.85. The van der Waals surface area contributed by atoms with Crippen LogP contribution < -0.4 is 0 Å². The Morgan fingerprint density at radius 1 is 1.29 bits per heavy atom. The molecule has 0 N–H and O–H groups in total. The van der Waals surface area contributed by atoms with Crippen molar-refractivity contribution in [2.45, 2.75) is 37.3 Å². The SMILES string of the molecule is CSc1nc2c(F)c(Cl)ncc2c2c1cc(C)n2C1[C@@H]2CC[C@H]1C2. The molecule has 3 saturated carbocycles. The Morgan fingerprint density at radius 2 is 2.04 bits per heavy atom. The number of nitrogens with zero attached hydrogens (tertiary/aromatic N) is 3. The van der Waals surface area contributed by atoms with Crippen molar-refractivity contribution in [3.05, 3.63) is 28.9 Å². The second kappa shape index (κ2) is 5.09. The van der Waals surface area contributed by atoms with Gasteiger partial charge in [0.2, 0.25) is 0 Å². The number of pyridine rings is 2. The van der Waals surface area contributed by atoms with E-state index in [0.717, 1.165) is 33.2 Å². The van der Waals surface area contributed by atoms with E-state index < -0.39 is 5.82 Å². The number of halogens is 2. The van der Waals surface area contributed by atoms with Crippen LogP contribution in [0, 0.1) is 24.6 Å². The molecule has 3 heterocycles. The van der Waals surface area contributed by atoms with E-state index in [9.17, 15) is 4.39 Å². The highest BCUT2D eigenvalue weighted by Crippen LogP contribution is 2.58. The van der Waals surface area contributed by atoms with Gasteiger partial charge >= 0.3 is 0 Å². The fourth-order valence-corrected chi connectivity index (χ4v) is 5.51. The lowest BCUT2D eigenvalue weighted by Gasteiger charge is -2.38. The predicted molar refractivity (Wildman–Crippen MR) is 96.4 cm³/mol. The van der Waals surface area contributed by atoms with Crippen molar-refractivity contribution >= 4 is 45.2 Å². The summed E-state index contributed by atoms with van der Waals surface area (Å²) in [5, 5.41) is 2.61. The molecule has 3 aromatic rings. The summed E-state index contributed by atoms with van der Waals surface area (Å²) < 4.78 is 17.0. The molecule has 0 aromatic carbocycles. The van der Waals surface area contributed by atoms with Crippen molar-refractivity contribution in [2.75, 3.05) is 6.26 Å². The molecule has 6 rings (SSSR count). The molecule has 3 aliphatic carbocycles. The summed E-state index contributed by atoms with van der Waals surface area (Å²) >= 11 is 7.45. The van der Waals surface area contributed by atoms with E-state index in [1.165, 1.54) is 25.0 Å². The molecular formula is C18H17ClFN3S. The fourth-order valence-electron chi connectivity index (χ4n) is 4.81. The Kier molecular flexibility index (Phi) is 3.17. The van der Waals surface area contributed by atoms with Crippen LogP contribution in [0.5, 0.6) is 0 Å². The van der Waals surface area contributed by atoms with Gasteiger partial charge in [0.25, 0.3) is 0 Å². The molecule has 0 saturated heterocycles. The van der Waals surface area contributed by atoms with Crippen LogP contribution in [0.2, 0.25) is 5.15 Å². The maximum absolute atomic E-state index is 14.6. The number of thioether (sulfide) groups is 1. The zero-order valence-electron chi connectivity index (χ0n) is 13.5. The first-order chi connectivity index (χ1) is 11.6. The summed E-state index contributed by atoms with van der Waals surface area (Å²) in [4.78, 5) is 8.59. The van der Waals surface area contributed by atoms with E-state index in [1.807, 2.05) is 6.26 Å². The molecule has 124 valence electrons. The van der Waals surface area contributed by atoms with Crippen LogP contribution in [0.4, 0.5) is 4.39 Å². The molecule has 1 unspecified atom stereocenters. The molecule has 0 radical (unpaired) electrons. The Morgan fingerprint density at radius 3 is 2.71 bits per heavy atom. The highest BCUT2D eigenvalue weighted by molar-refractivity contribution is 7.98. The van der Waals surface area contributed by atoms with Gasteiger partial charge in [-0.25, -0.2) is 14.4 Å². The van der Waals surface area contributed by atoms with E-state index in [-0.39, 0.29) is 5.15 Å². The largest absolute Gasteiger partial charge is 0.341 e. The van der Waals surface area contributed by atoms with Gasteiger partial charge in [0, 0.05) is 28.7 Å². The molecule has 3 fully saturated rings. The Balaban J connectivity index is 1.91. The van der Waals surface area contributed by atoms with E-state index in [1.54, 1.807) is 18.0 Å². The fraction of sp³-hybridized carbons (Fsp3) is 0.444. The lowest BCUT2D eigenvalue weighted by molar-refractivity contribution is 0.167. The predicted octanol–water partition coefficient (Wildman–Crippen LogP) is 5.38. The van der Waals surface area contributed by atoms with Crippen LogP contribution in [-0.4, -0.2) is 20.8 Å². The number of fused-ring (bicyclic) bond motifs is 4. The van der Waals surface area contributed by atoms with Gasteiger partial charge in [0.1, 0.15) is 10.5 Å². The van der Waals surface area contributed by atoms with Gasteiger partial charge < -0.3 is 4.57 Å². The molecule has 3 nitrogen and oxygen atoms in total. The van der Waals surface area contributed by atoms with E-state index >= 15 is 0 Å². The molecule has 0 spiro atoms. The lowest BCUT2D eigenvalue weighted by atomic mass is 9.78. The Labute approximate surface area is 148 Å². The molecule has 3 aliphatic rings. The van der Waals surface area contributed by atoms with Gasteiger partial charge in [0.15, 0.2) is 11.0 Å². The zero-order valence-corrected chi connectivity index (χ0v) is 15.1. The van der Waals surface area contributed by atoms with Crippen LogP contribution in [0.3, 0.4) is 0 Å². The maximum atomic E-state index is 14.6. The molecule has 3 atom stereocenters. The second-order valence-corrected chi connectivity index (χ2v) is 8.14. The van der Waals surface area contributed by atoms with Crippen LogP contribution in [0.1, 0.15) is 31.0 Å². The van der Waals surface area contributed by atoms with E-state index in [4.69, 9.17) is 11.6 Å². The van der Waals surface area contributed by atoms with Gasteiger partial charge in [-0.15, -0.1) is 11.8 Å². The third kappa shape index (κ3) is 1.80. The molecule has 0 amide bonds. The van der Waals surface area contributed by atoms with E-state index in [0.29, 0.717) is 11.6 Å². The Bertz CT molecular complexity index is 985. The van der Waals surface area contributed by atoms with Crippen molar-refractivity contribution in [2.24, 2.45) is 11.8 Å². The monoisotopic (exact) mass is 361 g/mol. The number of hydrogen-bond donors (Lipinski definition) is 0. The first-order valence-corrected chi connectivity index (χ1v) is 9.89. The summed E-state index contributed by atoms with van der Waals surface area (Å²) in [6.07, 6.45) is 7.61. The van der Waals surface area contributed by atoms with Crippen molar-refractivity contribution in [3.63, 3.8) is 0 Å². The standard InChI is InChI=1S/C18H17ClFN3S/c1-8-5-11-16(23(8)15-9-3-4-10(15)6-9)12-7-21-17(19)13(20)14(12)22-18(11)24-2/h5,7,9-10,15H,3-4,6H2,1-2H3/t9-,10+,15?. The maximum Gasteiger partial charge on any atom is 0.186 e. The van der Waals surface area contributed by atoms with E-state index in [2.05, 4.69) is 27.5 Å². The molecule has 24 heavy (non-hydrogen) atoms. The number of hydrogen-bond acceptors (Lipinski definition) is 3. The number of aromatic nitrogens is 3. The quantitative estimate of drug-likeness (QED) is 0.453. The summed E-state index contributed by atoms with van der Waals surface area (Å²) in [5.74, 6) is 0.999. The highest BCUT2D eigenvalue weighted by atomic mass is 35.5. The molecule has 6 heteroatoms. The smallest absolute Gasteiger partial charge is 0.186 e. The minimum absolute atomic E-state index is 0.111. The van der Waals surface area contributed by atoms with Crippen molar-refractivity contribution in [1.82, 2.24) is 14.5 Å². The molecule has 0 aliphatic heterocycles. The average molecular weight is 362 g/mol. The minimum Gasteiger partial charge on any atom is -0.341 e. The Hall–Kier alpha value is -1.33. The summed E-state index contributed by atoms with van der Waals surface area (Å²) in [5.41, 5.74) is 2.64. The normalized spacial score (nSPS) is 25.6. The summed E-state index contributed by atoms with van der Waals surface area (Å²) in [6.45, 7) is 2.15. The third-order valence-corrected chi connectivity index (χ3v) is 6.81.